The fourth-order valence-corrected chi connectivity index (χ4v) is 3.27. The number of amides is 1. The number of unbranched alkanes of at least 4 members (excludes halogenated alkanes) is 1. The van der Waals surface area contributed by atoms with E-state index in [0.29, 0.717) is 19.3 Å². The lowest BCUT2D eigenvalue weighted by Gasteiger charge is -2.12. The molecule has 2 rings (SSSR count). The number of aliphatic hydroxyl groups is 1. The molecule has 6 nitrogen and oxygen atoms in total. The number of sulfone groups is 1. The standard InChI is InChI=1S/C19H23NO5S/c1-26(24,25)17-12-10-15(11-13-17)14-6-8-16(9-7-14)18(21)4-2-3-5-19(22)20-23/h6-13,18,21,23H,2-5H2,1H3,(H,20,22)/t18-/m1/s1. The lowest BCUT2D eigenvalue weighted by Crippen LogP contribution is -2.17. The molecular formula is C19H23NO5S. The summed E-state index contributed by atoms with van der Waals surface area (Å²) in [5, 5.41) is 18.6. The first-order valence-corrected chi connectivity index (χ1v) is 10.2. The van der Waals surface area contributed by atoms with Gasteiger partial charge in [0.05, 0.1) is 11.0 Å². The number of hydroxylamine groups is 1. The molecule has 2 aromatic rings. The molecule has 0 aliphatic rings. The highest BCUT2D eigenvalue weighted by Gasteiger charge is 2.10. The summed E-state index contributed by atoms with van der Waals surface area (Å²) < 4.78 is 23.0. The second kappa shape index (κ2) is 8.93. The highest BCUT2D eigenvalue weighted by molar-refractivity contribution is 7.90. The second-order valence-electron chi connectivity index (χ2n) is 6.22. The third-order valence-electron chi connectivity index (χ3n) is 4.17. The van der Waals surface area contributed by atoms with Crippen LogP contribution in [0.3, 0.4) is 0 Å². The average Bonchev–Trinajstić information content (AvgIpc) is 2.64. The fourth-order valence-electron chi connectivity index (χ4n) is 2.64. The molecule has 0 fully saturated rings. The maximum Gasteiger partial charge on any atom is 0.243 e. The lowest BCUT2D eigenvalue weighted by molar-refractivity contribution is -0.129. The van der Waals surface area contributed by atoms with E-state index >= 15 is 0 Å². The number of rotatable bonds is 8. The predicted molar refractivity (Wildman–Crippen MR) is 98.3 cm³/mol. The van der Waals surface area contributed by atoms with E-state index < -0.39 is 21.8 Å². The minimum Gasteiger partial charge on any atom is -0.388 e. The third-order valence-corrected chi connectivity index (χ3v) is 5.30. The van der Waals surface area contributed by atoms with Gasteiger partial charge in [-0.1, -0.05) is 42.8 Å². The molecule has 0 saturated heterocycles. The van der Waals surface area contributed by atoms with Crippen LogP contribution < -0.4 is 5.48 Å². The number of hydrogen-bond donors (Lipinski definition) is 3. The summed E-state index contributed by atoms with van der Waals surface area (Å²) in [5.41, 5.74) is 4.20. The minimum absolute atomic E-state index is 0.228. The molecule has 0 heterocycles. The number of carbonyl (C=O) groups is 1. The number of benzene rings is 2. The Kier molecular flexibility index (Phi) is 6.90. The molecule has 0 radical (unpaired) electrons. The number of aliphatic hydroxyl groups excluding tert-OH is 1. The van der Waals surface area contributed by atoms with Gasteiger partial charge in [0.15, 0.2) is 9.84 Å². The van der Waals surface area contributed by atoms with Gasteiger partial charge in [-0.3, -0.25) is 10.0 Å². The topological polar surface area (TPSA) is 104 Å². The second-order valence-corrected chi connectivity index (χ2v) is 8.23. The molecule has 0 aromatic heterocycles. The van der Waals surface area contributed by atoms with Crippen LogP contribution in [0.25, 0.3) is 11.1 Å². The molecule has 2 aromatic carbocycles. The molecule has 0 spiro atoms. The molecule has 0 saturated carbocycles. The van der Waals surface area contributed by atoms with Crippen LogP contribution in [0.15, 0.2) is 53.4 Å². The Morgan fingerprint density at radius 2 is 1.54 bits per heavy atom. The Labute approximate surface area is 153 Å². The molecule has 3 N–H and O–H groups in total. The van der Waals surface area contributed by atoms with E-state index in [0.717, 1.165) is 16.7 Å². The van der Waals surface area contributed by atoms with Gasteiger partial charge in [0.25, 0.3) is 0 Å². The summed E-state index contributed by atoms with van der Waals surface area (Å²) >= 11 is 0. The Bertz CT molecular complexity index is 829. The van der Waals surface area contributed by atoms with E-state index in [9.17, 15) is 18.3 Å². The van der Waals surface area contributed by atoms with Crippen LogP contribution in [-0.4, -0.2) is 30.9 Å². The molecule has 7 heteroatoms. The summed E-state index contributed by atoms with van der Waals surface area (Å²) in [6.07, 6.45) is 2.58. The van der Waals surface area contributed by atoms with Gasteiger partial charge in [-0.15, -0.1) is 0 Å². The van der Waals surface area contributed by atoms with Crippen molar-refractivity contribution in [2.75, 3.05) is 6.26 Å². The minimum atomic E-state index is -3.21. The Morgan fingerprint density at radius 3 is 2.04 bits per heavy atom. The Hall–Kier alpha value is -2.22. The smallest absolute Gasteiger partial charge is 0.243 e. The molecule has 0 bridgehead atoms. The van der Waals surface area contributed by atoms with Crippen LogP contribution in [0.5, 0.6) is 0 Å². The summed E-state index contributed by atoms with van der Waals surface area (Å²) in [6, 6.07) is 14.1. The number of nitrogens with one attached hydrogen (secondary N) is 1. The average molecular weight is 377 g/mol. The van der Waals surface area contributed by atoms with Crippen molar-refractivity contribution in [3.8, 4) is 11.1 Å². The lowest BCUT2D eigenvalue weighted by atomic mass is 9.99. The van der Waals surface area contributed by atoms with Crippen LogP contribution in [-0.2, 0) is 14.6 Å². The quantitative estimate of drug-likeness (QED) is 0.373. The zero-order valence-electron chi connectivity index (χ0n) is 14.6. The van der Waals surface area contributed by atoms with E-state index in [1.54, 1.807) is 29.7 Å². The van der Waals surface area contributed by atoms with Crippen LogP contribution in [0.2, 0.25) is 0 Å². The molecule has 1 atom stereocenters. The SMILES string of the molecule is CS(=O)(=O)c1ccc(-c2ccc([C@H](O)CCCCC(=O)NO)cc2)cc1. The van der Waals surface area contributed by atoms with Crippen molar-refractivity contribution < 1.29 is 23.5 Å². The van der Waals surface area contributed by atoms with Gasteiger partial charge in [-0.05, 0) is 41.7 Å². The summed E-state index contributed by atoms with van der Waals surface area (Å²) in [4.78, 5) is 11.2. The molecule has 26 heavy (non-hydrogen) atoms. The van der Waals surface area contributed by atoms with Crippen molar-refractivity contribution >= 4 is 15.7 Å². The van der Waals surface area contributed by atoms with Crippen molar-refractivity contribution in [2.45, 2.75) is 36.7 Å². The first-order valence-electron chi connectivity index (χ1n) is 8.32. The van der Waals surface area contributed by atoms with E-state index in [1.165, 1.54) is 6.26 Å². The zero-order valence-corrected chi connectivity index (χ0v) is 15.4. The highest BCUT2D eigenvalue weighted by Crippen LogP contribution is 2.25. The maximum absolute atomic E-state index is 11.5. The van der Waals surface area contributed by atoms with E-state index in [4.69, 9.17) is 5.21 Å². The summed E-state index contributed by atoms with van der Waals surface area (Å²) in [6.45, 7) is 0. The first-order chi connectivity index (χ1) is 12.3. The van der Waals surface area contributed by atoms with Crippen molar-refractivity contribution in [1.82, 2.24) is 5.48 Å². The van der Waals surface area contributed by atoms with E-state index in [2.05, 4.69) is 0 Å². The van der Waals surface area contributed by atoms with Gasteiger partial charge in [0, 0.05) is 12.7 Å². The van der Waals surface area contributed by atoms with Gasteiger partial charge in [-0.2, -0.15) is 0 Å². The third kappa shape index (κ3) is 5.66. The molecular weight excluding hydrogens is 354 g/mol. The molecule has 0 aliphatic carbocycles. The van der Waals surface area contributed by atoms with Gasteiger partial charge >= 0.3 is 0 Å². The summed E-state index contributed by atoms with van der Waals surface area (Å²) in [5.74, 6) is -0.425. The van der Waals surface area contributed by atoms with Gasteiger partial charge in [0.1, 0.15) is 0 Å². The molecule has 0 unspecified atom stereocenters. The van der Waals surface area contributed by atoms with Gasteiger partial charge in [0.2, 0.25) is 5.91 Å². The van der Waals surface area contributed by atoms with Crippen molar-refractivity contribution in [2.24, 2.45) is 0 Å². The maximum atomic E-state index is 11.5. The van der Waals surface area contributed by atoms with Crippen LogP contribution in [0, 0.1) is 0 Å². The normalized spacial score (nSPS) is 12.6. The molecule has 140 valence electrons. The van der Waals surface area contributed by atoms with Crippen molar-refractivity contribution in [3.63, 3.8) is 0 Å². The zero-order chi connectivity index (χ0) is 19.2. The molecule has 0 aliphatic heterocycles. The number of hydrogen-bond acceptors (Lipinski definition) is 5. The van der Waals surface area contributed by atoms with Gasteiger partial charge < -0.3 is 5.11 Å². The van der Waals surface area contributed by atoms with Crippen molar-refractivity contribution in [3.05, 3.63) is 54.1 Å². The largest absolute Gasteiger partial charge is 0.388 e. The summed E-state index contributed by atoms with van der Waals surface area (Å²) in [7, 11) is -3.21. The van der Waals surface area contributed by atoms with E-state index in [-0.39, 0.29) is 11.3 Å². The number of carbonyl (C=O) groups excluding carboxylic acids is 1. The van der Waals surface area contributed by atoms with Crippen LogP contribution in [0.4, 0.5) is 0 Å². The fraction of sp³-hybridized carbons (Fsp3) is 0.316. The highest BCUT2D eigenvalue weighted by atomic mass is 32.2. The Morgan fingerprint density at radius 1 is 1.00 bits per heavy atom. The first kappa shape index (κ1) is 20.1. The van der Waals surface area contributed by atoms with Gasteiger partial charge in [-0.25, -0.2) is 13.9 Å². The van der Waals surface area contributed by atoms with Crippen molar-refractivity contribution in [1.29, 1.82) is 0 Å². The van der Waals surface area contributed by atoms with Crippen LogP contribution >= 0.6 is 0 Å². The monoisotopic (exact) mass is 377 g/mol. The van der Waals surface area contributed by atoms with Crippen LogP contribution in [0.1, 0.15) is 37.4 Å². The molecule has 1 amide bonds. The Balaban J connectivity index is 1.96. The predicted octanol–water partition coefficient (Wildman–Crippen LogP) is 2.86. The van der Waals surface area contributed by atoms with E-state index in [1.807, 2.05) is 24.3 Å².